The SMILES string of the molecule is NCCCCC(N)C(=O)NC(CS)C(=O)NC(CCCCN)C(=O)NC(CCC(=O)O)C(=O)O. The monoisotopic (exact) mass is 506 g/mol. The third-order valence-corrected chi connectivity index (χ3v) is 5.33. The molecule has 0 radical (unpaired) electrons. The van der Waals surface area contributed by atoms with Crippen LogP contribution >= 0.6 is 12.6 Å². The molecule has 0 aromatic heterocycles. The molecule has 0 heterocycles. The summed E-state index contributed by atoms with van der Waals surface area (Å²) < 4.78 is 0. The number of carbonyl (C=O) groups is 5. The third-order valence-electron chi connectivity index (χ3n) is 4.96. The fraction of sp³-hybridized carbons (Fsp3) is 0.750. The Morgan fingerprint density at radius 1 is 0.706 bits per heavy atom. The number of carboxylic acids is 2. The second-order valence-electron chi connectivity index (χ2n) is 7.81. The van der Waals surface area contributed by atoms with Crippen molar-refractivity contribution in [2.24, 2.45) is 17.2 Å². The maximum Gasteiger partial charge on any atom is 0.326 e. The molecule has 0 saturated carbocycles. The van der Waals surface area contributed by atoms with Crippen LogP contribution in [0.3, 0.4) is 0 Å². The standard InChI is InChI=1S/C20H38N6O7S/c21-9-3-1-5-12(23)17(29)26-15(11-34)19(31)24-13(6-2-4-10-22)18(30)25-14(20(32)33)7-8-16(27)28/h12-15,34H,1-11,21-23H2,(H,24,31)(H,25,30)(H,26,29)(H,27,28)(H,32,33). The van der Waals surface area contributed by atoms with Crippen LogP contribution in [0.25, 0.3) is 0 Å². The highest BCUT2D eigenvalue weighted by molar-refractivity contribution is 7.80. The Morgan fingerprint density at radius 3 is 1.71 bits per heavy atom. The van der Waals surface area contributed by atoms with E-state index in [0.29, 0.717) is 45.2 Å². The predicted octanol–water partition coefficient (Wildman–Crippen LogP) is -2.09. The Morgan fingerprint density at radius 2 is 1.21 bits per heavy atom. The number of amides is 3. The molecule has 0 aliphatic heterocycles. The molecule has 0 rings (SSSR count). The van der Waals surface area contributed by atoms with E-state index in [0.717, 1.165) is 0 Å². The zero-order valence-corrected chi connectivity index (χ0v) is 20.1. The Labute approximate surface area is 204 Å². The smallest absolute Gasteiger partial charge is 0.326 e. The molecule has 0 aromatic rings. The lowest BCUT2D eigenvalue weighted by Gasteiger charge is -2.24. The van der Waals surface area contributed by atoms with Crippen LogP contribution in [0.15, 0.2) is 0 Å². The minimum absolute atomic E-state index is 0.0689. The van der Waals surface area contributed by atoms with Crippen molar-refractivity contribution >= 4 is 42.3 Å². The number of carboxylic acid groups (broad SMARTS) is 2. The van der Waals surface area contributed by atoms with Gasteiger partial charge in [0.2, 0.25) is 17.7 Å². The highest BCUT2D eigenvalue weighted by Crippen LogP contribution is 2.06. The average molecular weight is 507 g/mol. The summed E-state index contributed by atoms with van der Waals surface area (Å²) in [6.45, 7) is 0.832. The van der Waals surface area contributed by atoms with Gasteiger partial charge in [-0.1, -0.05) is 6.42 Å². The zero-order valence-electron chi connectivity index (χ0n) is 19.2. The number of hydrogen-bond donors (Lipinski definition) is 9. The molecule has 4 atom stereocenters. The van der Waals surface area contributed by atoms with Gasteiger partial charge in [-0.3, -0.25) is 19.2 Å². The van der Waals surface area contributed by atoms with E-state index in [9.17, 15) is 29.1 Å². The van der Waals surface area contributed by atoms with Gasteiger partial charge in [0, 0.05) is 12.2 Å². The van der Waals surface area contributed by atoms with Crippen LogP contribution in [-0.2, 0) is 24.0 Å². The molecule has 0 aliphatic carbocycles. The van der Waals surface area contributed by atoms with Crippen LogP contribution in [0.1, 0.15) is 51.4 Å². The predicted molar refractivity (Wildman–Crippen MR) is 128 cm³/mol. The third kappa shape index (κ3) is 13.3. The Kier molecular flexibility index (Phi) is 16.7. The maximum atomic E-state index is 12.7. The largest absolute Gasteiger partial charge is 0.481 e. The first-order chi connectivity index (χ1) is 16.1. The van der Waals surface area contributed by atoms with Crippen LogP contribution in [0, 0.1) is 0 Å². The van der Waals surface area contributed by atoms with Gasteiger partial charge in [0.1, 0.15) is 18.1 Å². The first kappa shape index (κ1) is 31.6. The van der Waals surface area contributed by atoms with Crippen molar-refractivity contribution in [3.63, 3.8) is 0 Å². The number of aliphatic carboxylic acids is 2. The van der Waals surface area contributed by atoms with Gasteiger partial charge in [-0.15, -0.1) is 0 Å². The lowest BCUT2D eigenvalue weighted by atomic mass is 10.1. The highest BCUT2D eigenvalue weighted by atomic mass is 32.1. The van der Waals surface area contributed by atoms with Gasteiger partial charge in [-0.05, 0) is 51.6 Å². The minimum atomic E-state index is -1.44. The van der Waals surface area contributed by atoms with Crippen molar-refractivity contribution in [3.05, 3.63) is 0 Å². The van der Waals surface area contributed by atoms with Gasteiger partial charge >= 0.3 is 11.9 Å². The molecular formula is C20H38N6O7S. The molecule has 196 valence electrons. The van der Waals surface area contributed by atoms with E-state index in [1.165, 1.54) is 0 Å². The average Bonchev–Trinajstić information content (AvgIpc) is 2.78. The molecule has 0 spiro atoms. The summed E-state index contributed by atoms with van der Waals surface area (Å²) in [6, 6.07) is -4.48. The molecule has 0 aliphatic rings. The second-order valence-corrected chi connectivity index (χ2v) is 8.18. The number of hydrogen-bond acceptors (Lipinski definition) is 9. The lowest BCUT2D eigenvalue weighted by Crippen LogP contribution is -2.57. The quantitative estimate of drug-likeness (QED) is 0.0683. The van der Waals surface area contributed by atoms with E-state index >= 15 is 0 Å². The maximum absolute atomic E-state index is 12.7. The van der Waals surface area contributed by atoms with E-state index < -0.39 is 60.2 Å². The van der Waals surface area contributed by atoms with E-state index in [1.54, 1.807) is 0 Å². The van der Waals surface area contributed by atoms with Crippen LogP contribution in [0.5, 0.6) is 0 Å². The Bertz CT molecular complexity index is 682. The lowest BCUT2D eigenvalue weighted by molar-refractivity contribution is -0.143. The van der Waals surface area contributed by atoms with Crippen molar-refractivity contribution in [1.29, 1.82) is 0 Å². The number of unbranched alkanes of at least 4 members (excludes halogenated alkanes) is 2. The van der Waals surface area contributed by atoms with Gasteiger partial charge in [0.25, 0.3) is 0 Å². The number of rotatable bonds is 19. The van der Waals surface area contributed by atoms with Crippen LogP contribution in [0.2, 0.25) is 0 Å². The molecular weight excluding hydrogens is 468 g/mol. The molecule has 34 heavy (non-hydrogen) atoms. The summed E-state index contributed by atoms with van der Waals surface area (Å²) in [4.78, 5) is 59.9. The molecule has 13 nitrogen and oxygen atoms in total. The summed E-state index contributed by atoms with van der Waals surface area (Å²) in [5, 5.41) is 25.3. The summed E-state index contributed by atoms with van der Waals surface area (Å²) in [5.41, 5.74) is 16.7. The number of carbonyl (C=O) groups excluding carboxylic acids is 3. The summed E-state index contributed by atoms with van der Waals surface area (Å²) in [6.07, 6.45) is 2.15. The Balaban J connectivity index is 5.21. The molecule has 4 unspecified atom stereocenters. The molecule has 0 aromatic carbocycles. The van der Waals surface area contributed by atoms with Crippen molar-refractivity contribution in [3.8, 4) is 0 Å². The number of nitrogens with two attached hydrogens (primary N) is 3. The topological polar surface area (TPSA) is 240 Å². The van der Waals surface area contributed by atoms with Crippen LogP contribution in [-0.4, -0.2) is 82.9 Å². The van der Waals surface area contributed by atoms with Crippen molar-refractivity contribution < 1.29 is 34.2 Å². The second kappa shape index (κ2) is 18.0. The van der Waals surface area contributed by atoms with Gasteiger partial charge in [0.05, 0.1) is 6.04 Å². The van der Waals surface area contributed by atoms with Gasteiger partial charge < -0.3 is 43.4 Å². The van der Waals surface area contributed by atoms with Crippen molar-refractivity contribution in [2.45, 2.75) is 75.5 Å². The summed E-state index contributed by atoms with van der Waals surface area (Å²) in [7, 11) is 0. The summed E-state index contributed by atoms with van der Waals surface area (Å²) >= 11 is 4.09. The molecule has 11 N–H and O–H groups in total. The van der Waals surface area contributed by atoms with Gasteiger partial charge in [-0.25, -0.2) is 4.79 Å². The summed E-state index contributed by atoms with van der Waals surface area (Å²) in [5.74, 6) is -4.70. The normalized spacial score (nSPS) is 14.4. The van der Waals surface area contributed by atoms with E-state index in [2.05, 4.69) is 28.6 Å². The van der Waals surface area contributed by atoms with Crippen molar-refractivity contribution in [1.82, 2.24) is 16.0 Å². The number of nitrogens with one attached hydrogen (secondary N) is 3. The van der Waals surface area contributed by atoms with E-state index in [-0.39, 0.29) is 18.6 Å². The fourth-order valence-electron chi connectivity index (χ4n) is 2.94. The molecule has 0 bridgehead atoms. The van der Waals surface area contributed by atoms with E-state index in [1.807, 2.05) is 0 Å². The zero-order chi connectivity index (χ0) is 26.1. The van der Waals surface area contributed by atoms with Crippen LogP contribution in [0.4, 0.5) is 0 Å². The molecule has 14 heteroatoms. The van der Waals surface area contributed by atoms with Crippen LogP contribution < -0.4 is 33.2 Å². The molecule has 0 fully saturated rings. The first-order valence-corrected chi connectivity index (χ1v) is 11.8. The highest BCUT2D eigenvalue weighted by Gasteiger charge is 2.29. The van der Waals surface area contributed by atoms with Crippen molar-refractivity contribution in [2.75, 3.05) is 18.8 Å². The molecule has 3 amide bonds. The van der Waals surface area contributed by atoms with Gasteiger partial charge in [-0.2, -0.15) is 12.6 Å². The Hall–Kier alpha value is -2.42. The van der Waals surface area contributed by atoms with E-state index in [4.69, 9.17) is 22.3 Å². The van der Waals surface area contributed by atoms with Gasteiger partial charge in [0.15, 0.2) is 0 Å². The number of thiol groups is 1. The first-order valence-electron chi connectivity index (χ1n) is 11.2. The fourth-order valence-corrected chi connectivity index (χ4v) is 3.20. The minimum Gasteiger partial charge on any atom is -0.481 e. The molecule has 0 saturated heterocycles.